The largest absolute Gasteiger partial charge is 0.475 e. The summed E-state index contributed by atoms with van der Waals surface area (Å²) in [4.78, 5) is 11.0. The second kappa shape index (κ2) is 5.78. The molecule has 0 saturated carbocycles. The highest BCUT2D eigenvalue weighted by Crippen LogP contribution is 2.28. The van der Waals surface area contributed by atoms with E-state index < -0.39 is 16.0 Å². The molecule has 0 amide bonds. The minimum atomic E-state index is -3.88. The molecule has 1 atom stereocenters. The van der Waals surface area contributed by atoms with Crippen molar-refractivity contribution in [3.05, 3.63) is 29.8 Å². The maximum atomic E-state index is 12.7. The molecule has 1 fully saturated rings. The monoisotopic (exact) mass is 340 g/mol. The van der Waals surface area contributed by atoms with Crippen molar-refractivity contribution in [1.82, 2.24) is 19.3 Å². The van der Waals surface area contributed by atoms with E-state index >= 15 is 0 Å². The highest BCUT2D eigenvalue weighted by atomic mass is 32.2. The van der Waals surface area contributed by atoms with Gasteiger partial charge in [0.1, 0.15) is 0 Å². The van der Waals surface area contributed by atoms with Gasteiger partial charge in [-0.1, -0.05) is 5.21 Å². The normalized spacial score (nSPS) is 19.8. The minimum absolute atomic E-state index is 0.101. The van der Waals surface area contributed by atoms with E-state index in [1.54, 1.807) is 17.1 Å². The van der Waals surface area contributed by atoms with E-state index in [-0.39, 0.29) is 29.0 Å². The summed E-state index contributed by atoms with van der Waals surface area (Å²) in [6.07, 6.45) is 4.71. The van der Waals surface area contributed by atoms with Gasteiger partial charge in [0.15, 0.2) is 0 Å². The third kappa shape index (κ3) is 2.86. The number of carboxylic acid groups (broad SMARTS) is 1. The summed E-state index contributed by atoms with van der Waals surface area (Å²) in [7, 11) is -3.88. The first-order valence-corrected chi connectivity index (χ1v) is 8.53. The van der Waals surface area contributed by atoms with Crippen LogP contribution in [-0.2, 0) is 10.0 Å². The van der Waals surface area contributed by atoms with Crippen LogP contribution in [-0.4, -0.2) is 51.9 Å². The van der Waals surface area contributed by atoms with Gasteiger partial charge in [-0.2, -0.15) is 4.31 Å². The molecular formula is C13H16N4O5S. The van der Waals surface area contributed by atoms with Gasteiger partial charge in [-0.05, 0) is 19.8 Å². The molecule has 0 aliphatic carbocycles. The number of aromatic carboxylic acids is 1. The summed E-state index contributed by atoms with van der Waals surface area (Å²) < 4.78 is 33.4. The second-order valence-corrected chi connectivity index (χ2v) is 7.29. The molecular weight excluding hydrogens is 324 g/mol. The van der Waals surface area contributed by atoms with Crippen LogP contribution in [0, 0.1) is 6.92 Å². The van der Waals surface area contributed by atoms with Crippen LogP contribution in [0.5, 0.6) is 0 Å². The number of aromatic nitrogens is 3. The Morgan fingerprint density at radius 1 is 1.48 bits per heavy atom. The summed E-state index contributed by atoms with van der Waals surface area (Å²) in [5, 5.41) is 16.3. The van der Waals surface area contributed by atoms with Crippen LogP contribution in [0.2, 0.25) is 0 Å². The molecule has 3 heterocycles. The molecule has 124 valence electrons. The summed E-state index contributed by atoms with van der Waals surface area (Å²) in [6, 6.07) is 1.15. The molecule has 1 saturated heterocycles. The Bertz CT molecular complexity index is 812. The molecule has 0 radical (unpaired) electrons. The zero-order valence-electron chi connectivity index (χ0n) is 12.4. The molecule has 1 aliphatic rings. The zero-order valence-corrected chi connectivity index (χ0v) is 13.2. The highest BCUT2D eigenvalue weighted by molar-refractivity contribution is 7.89. The van der Waals surface area contributed by atoms with Gasteiger partial charge in [-0.25, -0.2) is 17.9 Å². The number of furan rings is 1. The van der Waals surface area contributed by atoms with Crippen LogP contribution in [0.1, 0.15) is 35.0 Å². The number of hydrogen-bond acceptors (Lipinski definition) is 6. The van der Waals surface area contributed by atoms with Gasteiger partial charge in [0.2, 0.25) is 10.9 Å². The molecule has 1 N–H and O–H groups in total. The van der Waals surface area contributed by atoms with Gasteiger partial charge in [0, 0.05) is 30.9 Å². The highest BCUT2D eigenvalue weighted by Gasteiger charge is 2.34. The molecule has 0 spiro atoms. The number of carbonyl (C=O) groups is 1. The number of aryl methyl sites for hydroxylation is 1. The van der Waals surface area contributed by atoms with Gasteiger partial charge in [0.25, 0.3) is 10.0 Å². The van der Waals surface area contributed by atoms with E-state index in [9.17, 15) is 13.2 Å². The summed E-state index contributed by atoms with van der Waals surface area (Å²) in [5.41, 5.74) is 0.279. The molecule has 3 rings (SSSR count). The number of piperidine rings is 1. The van der Waals surface area contributed by atoms with Crippen molar-refractivity contribution in [2.75, 3.05) is 13.1 Å². The molecule has 0 bridgehead atoms. The lowest BCUT2D eigenvalue weighted by Gasteiger charge is -2.30. The first-order chi connectivity index (χ1) is 10.9. The Balaban J connectivity index is 1.87. The lowest BCUT2D eigenvalue weighted by atomic mass is 10.1. The van der Waals surface area contributed by atoms with Gasteiger partial charge in [-0.15, -0.1) is 5.10 Å². The lowest BCUT2D eigenvalue weighted by molar-refractivity contribution is 0.0655. The van der Waals surface area contributed by atoms with Crippen LogP contribution in [0.25, 0.3) is 0 Å². The van der Waals surface area contributed by atoms with Gasteiger partial charge in [0.05, 0.1) is 12.2 Å². The molecule has 1 aliphatic heterocycles. The number of nitrogens with zero attached hydrogens (tertiary/aromatic N) is 4. The van der Waals surface area contributed by atoms with Crippen molar-refractivity contribution in [2.24, 2.45) is 0 Å². The third-order valence-electron chi connectivity index (χ3n) is 3.86. The fourth-order valence-electron chi connectivity index (χ4n) is 2.69. The molecule has 9 nitrogen and oxygen atoms in total. The van der Waals surface area contributed by atoms with Gasteiger partial charge in [-0.3, -0.25) is 0 Å². The Morgan fingerprint density at radius 3 is 2.87 bits per heavy atom. The van der Waals surface area contributed by atoms with Crippen LogP contribution >= 0.6 is 0 Å². The van der Waals surface area contributed by atoms with Crippen LogP contribution in [0.3, 0.4) is 0 Å². The Morgan fingerprint density at radius 2 is 2.26 bits per heavy atom. The Hall–Kier alpha value is -2.20. The molecule has 23 heavy (non-hydrogen) atoms. The van der Waals surface area contributed by atoms with E-state index in [2.05, 4.69) is 10.3 Å². The summed E-state index contributed by atoms with van der Waals surface area (Å²) in [6.45, 7) is 2.10. The first kappa shape index (κ1) is 15.7. The Kier molecular flexibility index (Phi) is 3.94. The average molecular weight is 340 g/mol. The first-order valence-electron chi connectivity index (χ1n) is 7.09. The van der Waals surface area contributed by atoms with Crippen molar-refractivity contribution in [1.29, 1.82) is 0 Å². The predicted molar refractivity (Wildman–Crippen MR) is 77.5 cm³/mol. The molecule has 0 aromatic carbocycles. The number of hydrogen-bond donors (Lipinski definition) is 1. The fraction of sp³-hybridized carbons (Fsp3) is 0.462. The van der Waals surface area contributed by atoms with Crippen LogP contribution in [0.15, 0.2) is 28.0 Å². The standard InChI is InChI=1S/C13H16N4O5S/c1-9-7-11(22-12(9)13(18)19)23(20,21)16-5-2-3-10(8-16)17-6-4-14-15-17/h4,6-7,10H,2-3,5,8H2,1H3,(H,18,19). The predicted octanol–water partition coefficient (Wildman–Crippen LogP) is 0.904. The molecule has 2 aromatic heterocycles. The van der Waals surface area contributed by atoms with Crippen molar-refractivity contribution >= 4 is 16.0 Å². The van der Waals surface area contributed by atoms with E-state index in [0.29, 0.717) is 13.0 Å². The molecule has 10 heteroatoms. The third-order valence-corrected chi connectivity index (χ3v) is 5.58. The van der Waals surface area contributed by atoms with Crippen molar-refractivity contribution < 1.29 is 22.7 Å². The second-order valence-electron chi connectivity index (χ2n) is 5.42. The molecule has 2 aromatic rings. The maximum Gasteiger partial charge on any atom is 0.372 e. The number of sulfonamides is 1. The van der Waals surface area contributed by atoms with Gasteiger partial charge >= 0.3 is 5.97 Å². The van der Waals surface area contributed by atoms with E-state index in [4.69, 9.17) is 9.52 Å². The summed E-state index contributed by atoms with van der Waals surface area (Å²) >= 11 is 0. The number of carboxylic acids is 1. The van der Waals surface area contributed by atoms with E-state index in [1.807, 2.05) is 0 Å². The number of rotatable bonds is 4. The van der Waals surface area contributed by atoms with Crippen LogP contribution < -0.4 is 0 Å². The summed E-state index contributed by atoms with van der Waals surface area (Å²) in [5.74, 6) is -1.64. The van der Waals surface area contributed by atoms with Crippen LogP contribution in [0.4, 0.5) is 0 Å². The fourth-order valence-corrected chi connectivity index (χ4v) is 4.19. The Labute approximate surface area is 132 Å². The van der Waals surface area contributed by atoms with E-state index in [1.165, 1.54) is 17.3 Å². The maximum absolute atomic E-state index is 12.7. The topological polar surface area (TPSA) is 119 Å². The quantitative estimate of drug-likeness (QED) is 0.878. The van der Waals surface area contributed by atoms with Crippen molar-refractivity contribution in [3.63, 3.8) is 0 Å². The minimum Gasteiger partial charge on any atom is -0.475 e. The van der Waals surface area contributed by atoms with E-state index in [0.717, 1.165) is 6.42 Å². The smallest absolute Gasteiger partial charge is 0.372 e. The average Bonchev–Trinajstić information content (AvgIpc) is 3.16. The van der Waals surface area contributed by atoms with Gasteiger partial charge < -0.3 is 9.52 Å². The molecule has 1 unspecified atom stereocenters. The lowest BCUT2D eigenvalue weighted by Crippen LogP contribution is -2.40. The SMILES string of the molecule is Cc1cc(S(=O)(=O)N2CCCC(n3ccnn3)C2)oc1C(=O)O. The van der Waals surface area contributed by atoms with Crippen molar-refractivity contribution in [3.8, 4) is 0 Å². The van der Waals surface area contributed by atoms with Crippen molar-refractivity contribution in [2.45, 2.75) is 30.9 Å². The zero-order chi connectivity index (χ0) is 16.6.